The molecular weight excluding hydrogens is 250 g/mol. The van der Waals surface area contributed by atoms with E-state index in [-0.39, 0.29) is 11.3 Å². The topological polar surface area (TPSA) is 64.9 Å². The van der Waals surface area contributed by atoms with Crippen molar-refractivity contribution in [2.24, 2.45) is 17.1 Å². The van der Waals surface area contributed by atoms with E-state index in [9.17, 15) is 0 Å². The van der Waals surface area contributed by atoms with Crippen LogP contribution in [0.25, 0.3) is 0 Å². The molecule has 1 aromatic heterocycles. The van der Waals surface area contributed by atoms with Crippen LogP contribution in [0.1, 0.15) is 83.3 Å². The largest absolute Gasteiger partial charge is 0.339 e. The van der Waals surface area contributed by atoms with Crippen molar-refractivity contribution in [3.05, 3.63) is 11.7 Å². The number of hydrogen-bond donors (Lipinski definition) is 1. The number of hydrogen-bond acceptors (Lipinski definition) is 4. The van der Waals surface area contributed by atoms with Crippen molar-refractivity contribution in [1.82, 2.24) is 10.1 Å². The Bertz CT molecular complexity index is 422. The molecule has 3 unspecified atom stereocenters. The van der Waals surface area contributed by atoms with E-state index in [0.717, 1.165) is 24.1 Å². The molecule has 1 heterocycles. The molecule has 0 amide bonds. The third-order valence-electron chi connectivity index (χ3n) is 4.43. The molecule has 2 N–H and O–H groups in total. The minimum absolute atomic E-state index is 0.180. The maximum absolute atomic E-state index is 5.89. The molecule has 2 rings (SSSR count). The zero-order valence-electron chi connectivity index (χ0n) is 13.4. The van der Waals surface area contributed by atoms with Gasteiger partial charge in [-0.15, -0.1) is 0 Å². The van der Waals surface area contributed by atoms with Gasteiger partial charge in [0.2, 0.25) is 5.89 Å². The molecule has 0 radical (unpaired) electrons. The minimum atomic E-state index is 0.180. The van der Waals surface area contributed by atoms with Gasteiger partial charge in [-0.05, 0) is 37.0 Å². The Morgan fingerprint density at radius 1 is 1.35 bits per heavy atom. The molecule has 1 fully saturated rings. The number of rotatable bonds is 5. The SMILES string of the molecule is CCC1CCC(c2noc(C(CN)CC(C)(C)C)n2)C1. The highest BCUT2D eigenvalue weighted by Gasteiger charge is 2.30. The minimum Gasteiger partial charge on any atom is -0.339 e. The first-order valence-electron chi connectivity index (χ1n) is 7.96. The van der Waals surface area contributed by atoms with Gasteiger partial charge in [-0.25, -0.2) is 0 Å². The van der Waals surface area contributed by atoms with Crippen LogP contribution < -0.4 is 5.73 Å². The number of nitrogens with two attached hydrogens (primary N) is 1. The molecule has 4 nitrogen and oxygen atoms in total. The van der Waals surface area contributed by atoms with Crippen LogP contribution in [0.15, 0.2) is 4.52 Å². The van der Waals surface area contributed by atoms with Gasteiger partial charge in [-0.2, -0.15) is 4.98 Å². The van der Waals surface area contributed by atoms with Crippen LogP contribution in [-0.2, 0) is 0 Å². The smallest absolute Gasteiger partial charge is 0.231 e. The van der Waals surface area contributed by atoms with E-state index in [4.69, 9.17) is 10.3 Å². The monoisotopic (exact) mass is 279 g/mol. The van der Waals surface area contributed by atoms with Crippen LogP contribution in [0, 0.1) is 11.3 Å². The first-order valence-corrected chi connectivity index (χ1v) is 7.96. The average Bonchev–Trinajstić information content (AvgIpc) is 3.02. The number of aromatic nitrogens is 2. The van der Waals surface area contributed by atoms with E-state index in [1.165, 1.54) is 25.7 Å². The van der Waals surface area contributed by atoms with Crippen molar-refractivity contribution < 1.29 is 4.52 Å². The Morgan fingerprint density at radius 2 is 2.10 bits per heavy atom. The molecule has 20 heavy (non-hydrogen) atoms. The fourth-order valence-corrected chi connectivity index (χ4v) is 3.27. The third-order valence-corrected chi connectivity index (χ3v) is 4.43. The Labute approximate surface area is 122 Å². The summed E-state index contributed by atoms with van der Waals surface area (Å²) in [6.07, 6.45) is 5.95. The quantitative estimate of drug-likeness (QED) is 0.889. The molecule has 0 spiro atoms. The maximum atomic E-state index is 5.89. The predicted octanol–water partition coefficient (Wildman–Crippen LogP) is 3.84. The lowest BCUT2D eigenvalue weighted by Crippen LogP contribution is -2.19. The van der Waals surface area contributed by atoms with Crippen LogP contribution >= 0.6 is 0 Å². The second-order valence-corrected chi connectivity index (χ2v) is 7.47. The van der Waals surface area contributed by atoms with Gasteiger partial charge in [0.1, 0.15) is 0 Å². The number of nitrogens with zero attached hydrogens (tertiary/aromatic N) is 2. The standard InChI is InChI=1S/C16H29N3O/c1-5-11-6-7-12(8-11)14-18-15(20-19-14)13(10-17)9-16(2,3)4/h11-13H,5-10,17H2,1-4H3. The van der Waals surface area contributed by atoms with Gasteiger partial charge in [0.05, 0.1) is 5.92 Å². The van der Waals surface area contributed by atoms with Gasteiger partial charge in [0, 0.05) is 12.5 Å². The van der Waals surface area contributed by atoms with Crippen LogP contribution in [0.5, 0.6) is 0 Å². The van der Waals surface area contributed by atoms with Crippen molar-refractivity contribution in [1.29, 1.82) is 0 Å². The second-order valence-electron chi connectivity index (χ2n) is 7.47. The van der Waals surface area contributed by atoms with Gasteiger partial charge in [-0.1, -0.05) is 39.3 Å². The predicted molar refractivity (Wildman–Crippen MR) is 80.5 cm³/mol. The third kappa shape index (κ3) is 3.81. The normalized spacial score (nSPS) is 25.1. The molecule has 0 aliphatic heterocycles. The van der Waals surface area contributed by atoms with E-state index < -0.39 is 0 Å². The van der Waals surface area contributed by atoms with Crippen LogP contribution in [0.4, 0.5) is 0 Å². The van der Waals surface area contributed by atoms with Gasteiger partial charge in [-0.3, -0.25) is 0 Å². The molecule has 0 aromatic carbocycles. The lowest BCUT2D eigenvalue weighted by molar-refractivity contribution is 0.285. The molecule has 114 valence electrons. The summed E-state index contributed by atoms with van der Waals surface area (Å²) in [6.45, 7) is 9.49. The summed E-state index contributed by atoms with van der Waals surface area (Å²) >= 11 is 0. The molecule has 0 bridgehead atoms. The van der Waals surface area contributed by atoms with E-state index in [1.54, 1.807) is 0 Å². The Balaban J connectivity index is 2.04. The van der Waals surface area contributed by atoms with Crippen molar-refractivity contribution >= 4 is 0 Å². The van der Waals surface area contributed by atoms with E-state index in [2.05, 4.69) is 37.8 Å². The summed E-state index contributed by atoms with van der Waals surface area (Å²) in [6, 6.07) is 0. The molecule has 1 aromatic rings. The summed E-state index contributed by atoms with van der Waals surface area (Å²) in [7, 11) is 0. The maximum Gasteiger partial charge on any atom is 0.231 e. The van der Waals surface area contributed by atoms with Crippen molar-refractivity contribution in [2.45, 2.75) is 71.6 Å². The second kappa shape index (κ2) is 6.25. The lowest BCUT2D eigenvalue weighted by atomic mass is 9.84. The molecule has 0 saturated heterocycles. The van der Waals surface area contributed by atoms with Gasteiger partial charge >= 0.3 is 0 Å². The van der Waals surface area contributed by atoms with E-state index in [1.807, 2.05) is 0 Å². The summed E-state index contributed by atoms with van der Waals surface area (Å²) in [4.78, 5) is 4.66. The summed E-state index contributed by atoms with van der Waals surface area (Å²) in [5, 5.41) is 4.22. The molecule has 4 heteroatoms. The Morgan fingerprint density at radius 3 is 2.65 bits per heavy atom. The first kappa shape index (κ1) is 15.5. The Hall–Kier alpha value is -0.900. The van der Waals surface area contributed by atoms with Crippen LogP contribution in [0.2, 0.25) is 0 Å². The highest BCUT2D eigenvalue weighted by Crippen LogP contribution is 2.39. The molecule has 1 aliphatic carbocycles. The van der Waals surface area contributed by atoms with Crippen molar-refractivity contribution in [2.75, 3.05) is 6.54 Å². The highest BCUT2D eigenvalue weighted by molar-refractivity contribution is 5.03. The summed E-state index contributed by atoms with van der Waals surface area (Å²) in [5.41, 5.74) is 6.11. The van der Waals surface area contributed by atoms with E-state index >= 15 is 0 Å². The van der Waals surface area contributed by atoms with Crippen LogP contribution in [-0.4, -0.2) is 16.7 Å². The molecule has 1 saturated carbocycles. The average molecular weight is 279 g/mol. The fraction of sp³-hybridized carbons (Fsp3) is 0.875. The van der Waals surface area contributed by atoms with E-state index in [0.29, 0.717) is 12.5 Å². The summed E-state index contributed by atoms with van der Waals surface area (Å²) < 4.78 is 5.50. The van der Waals surface area contributed by atoms with Gasteiger partial charge < -0.3 is 10.3 Å². The van der Waals surface area contributed by atoms with Crippen molar-refractivity contribution in [3.63, 3.8) is 0 Å². The van der Waals surface area contributed by atoms with Crippen LogP contribution in [0.3, 0.4) is 0 Å². The lowest BCUT2D eigenvalue weighted by Gasteiger charge is -2.22. The Kier molecular flexibility index (Phi) is 4.84. The molecule has 1 aliphatic rings. The summed E-state index contributed by atoms with van der Waals surface area (Å²) in [5.74, 6) is 3.15. The van der Waals surface area contributed by atoms with Gasteiger partial charge in [0.25, 0.3) is 0 Å². The molecule has 3 atom stereocenters. The van der Waals surface area contributed by atoms with Crippen molar-refractivity contribution in [3.8, 4) is 0 Å². The highest BCUT2D eigenvalue weighted by atomic mass is 16.5. The zero-order chi connectivity index (χ0) is 14.8. The zero-order valence-corrected chi connectivity index (χ0v) is 13.4. The van der Waals surface area contributed by atoms with Gasteiger partial charge in [0.15, 0.2) is 5.82 Å². The fourth-order valence-electron chi connectivity index (χ4n) is 3.27. The first-order chi connectivity index (χ1) is 9.43. The molecular formula is C16H29N3O.